The third-order valence-corrected chi connectivity index (χ3v) is 0. The molecule has 0 aromatic heterocycles. The first-order valence-corrected chi connectivity index (χ1v) is 0.258. The molecule has 0 rings (SSSR count). The summed E-state index contributed by atoms with van der Waals surface area (Å²) < 4.78 is 0. The molecule has 0 aromatic rings. The number of nitrogens with zero attached hydrogens (tertiary/aromatic N) is 1. The van der Waals surface area contributed by atoms with E-state index in [-0.39, 0.29) is 103 Å². The van der Waals surface area contributed by atoms with Crippen LogP contribution in [0.3, 0.4) is 0 Å². The van der Waals surface area contributed by atoms with Gasteiger partial charge in [0.1, 0.15) is 0 Å². The van der Waals surface area contributed by atoms with Crippen LogP contribution in [0.1, 0.15) is 0 Å². The van der Waals surface area contributed by atoms with Crippen molar-refractivity contribution >= 4 is 103 Å². The van der Waals surface area contributed by atoms with Gasteiger partial charge in [-0.15, -0.1) is 0 Å². The summed E-state index contributed by atoms with van der Waals surface area (Å²) in [4.78, 5) is 0. The number of nitriles is 1. The van der Waals surface area contributed by atoms with Crippen LogP contribution in [0.4, 0.5) is 0 Å². The van der Waals surface area contributed by atoms with Crippen molar-refractivity contribution in [3.05, 3.63) is 0 Å². The monoisotopic (exact) mass is 107 g/mol. The van der Waals surface area contributed by atoms with E-state index in [1.54, 1.807) is 0 Å². The van der Waals surface area contributed by atoms with Gasteiger partial charge in [0, 0.05) is 6.57 Å². The molecule has 0 spiro atoms. The summed E-state index contributed by atoms with van der Waals surface area (Å²) in [5, 5.41) is 6.50. The van der Waals surface area contributed by atoms with Crippen LogP contribution in [0.5, 0.6) is 0 Å². The Hall–Kier alpha value is 2.76. The standard InChI is InChI=1S/CHN.2K.2H/c1-2;;;;/h1H;;;;. The normalized spacial score (nSPS) is 0.500. The summed E-state index contributed by atoms with van der Waals surface area (Å²) >= 11 is 0. The van der Waals surface area contributed by atoms with Gasteiger partial charge >= 0.3 is 103 Å². The molecule has 0 unspecified atom stereocenters. The van der Waals surface area contributed by atoms with E-state index in [2.05, 4.69) is 6.57 Å². The molecule has 1 nitrogen and oxygen atoms in total. The summed E-state index contributed by atoms with van der Waals surface area (Å²) in [5.74, 6) is 0. The van der Waals surface area contributed by atoms with Gasteiger partial charge in [-0.3, -0.25) is 0 Å². The Morgan fingerprint density at radius 3 is 1.00 bits per heavy atom. The molecule has 0 saturated heterocycles. The molecule has 0 saturated carbocycles. The first-order chi connectivity index (χ1) is 1.00. The zero-order valence-corrected chi connectivity index (χ0v) is 1.02. The van der Waals surface area contributed by atoms with E-state index in [9.17, 15) is 0 Å². The van der Waals surface area contributed by atoms with Crippen LogP contribution in [-0.4, -0.2) is 103 Å². The van der Waals surface area contributed by atoms with Crippen LogP contribution < -0.4 is 0 Å². The molecule has 0 heterocycles. The van der Waals surface area contributed by atoms with Crippen molar-refractivity contribution in [2.45, 2.75) is 0 Å². The van der Waals surface area contributed by atoms with Crippen molar-refractivity contribution in [1.82, 2.24) is 0 Å². The maximum atomic E-state index is 6.50. The molecule has 0 atom stereocenters. The average molecular weight is 107 g/mol. The second kappa shape index (κ2) is 17.1. The van der Waals surface area contributed by atoms with Crippen LogP contribution >= 0.6 is 0 Å². The Kier molecular flexibility index (Phi) is 67.9. The molecule has 0 aromatic carbocycles. The fraction of sp³-hybridized carbons (Fsp3) is 0. The molecule has 0 amide bonds. The van der Waals surface area contributed by atoms with E-state index in [1.165, 1.54) is 0 Å². The fourth-order valence-corrected chi connectivity index (χ4v) is 0. The first kappa shape index (κ1) is 15.9. The summed E-state index contributed by atoms with van der Waals surface area (Å²) in [6.45, 7) is 3.50. The molecule has 0 bridgehead atoms. The van der Waals surface area contributed by atoms with Gasteiger partial charge in [0.15, 0.2) is 0 Å². The Morgan fingerprint density at radius 1 is 1.00 bits per heavy atom. The maximum absolute atomic E-state index is 6.50. The van der Waals surface area contributed by atoms with Crippen molar-refractivity contribution in [2.24, 2.45) is 0 Å². The van der Waals surface area contributed by atoms with E-state index >= 15 is 0 Å². The van der Waals surface area contributed by atoms with E-state index < -0.39 is 0 Å². The Morgan fingerprint density at radius 2 is 1.00 bits per heavy atom. The number of hydrogen-bond acceptors (Lipinski definition) is 1. The van der Waals surface area contributed by atoms with Gasteiger partial charge in [-0.05, 0) is 0 Å². The fourth-order valence-electron chi connectivity index (χ4n) is 0. The van der Waals surface area contributed by atoms with E-state index in [4.69, 9.17) is 5.26 Å². The molecular formula is CH3K2N. The predicted molar refractivity (Wildman–Crippen MR) is 21.0 cm³/mol. The Labute approximate surface area is 111 Å². The van der Waals surface area contributed by atoms with Crippen LogP contribution in [0.15, 0.2) is 0 Å². The number of rotatable bonds is 0. The predicted octanol–water partition coefficient (Wildman–Crippen LogP) is -1.16. The van der Waals surface area contributed by atoms with Gasteiger partial charge in [0.05, 0.1) is 0 Å². The number of hydrogen-bond donors (Lipinski definition) is 0. The quantitative estimate of drug-likeness (QED) is 0.358. The summed E-state index contributed by atoms with van der Waals surface area (Å²) in [6.07, 6.45) is 0. The minimum atomic E-state index is 0. The van der Waals surface area contributed by atoms with Gasteiger partial charge in [0.25, 0.3) is 0 Å². The molecule has 4 heavy (non-hydrogen) atoms. The van der Waals surface area contributed by atoms with Gasteiger partial charge in [-0.2, -0.15) is 0 Å². The van der Waals surface area contributed by atoms with Gasteiger partial charge < -0.3 is 0 Å². The second-order valence-electron chi connectivity index (χ2n) is 0. The molecule has 0 fully saturated rings. The first-order valence-electron chi connectivity index (χ1n) is 0.258. The molecule has 0 N–H and O–H groups in total. The van der Waals surface area contributed by atoms with Crippen molar-refractivity contribution in [3.8, 4) is 6.57 Å². The molecule has 0 aliphatic carbocycles. The zero-order chi connectivity index (χ0) is 2.00. The van der Waals surface area contributed by atoms with Crippen molar-refractivity contribution < 1.29 is 0 Å². The van der Waals surface area contributed by atoms with Crippen LogP contribution in [-0.2, 0) is 0 Å². The SMILES string of the molecule is C#N.[KH].[KH]. The average Bonchev–Trinajstić information content (AvgIpc) is 1.00. The third kappa shape index (κ3) is 8.83. The summed E-state index contributed by atoms with van der Waals surface area (Å²) in [7, 11) is 0. The molecule has 14 valence electrons. The Balaban J connectivity index is -0.00000000500. The topological polar surface area (TPSA) is 23.8 Å². The second-order valence-corrected chi connectivity index (χ2v) is 0. The molecule has 0 radical (unpaired) electrons. The zero-order valence-electron chi connectivity index (χ0n) is 1.02. The van der Waals surface area contributed by atoms with Crippen molar-refractivity contribution in [3.63, 3.8) is 0 Å². The van der Waals surface area contributed by atoms with Gasteiger partial charge in [-0.25, -0.2) is 5.26 Å². The van der Waals surface area contributed by atoms with Crippen molar-refractivity contribution in [2.75, 3.05) is 0 Å². The molecule has 3 heteroatoms. The minimum absolute atomic E-state index is 0. The summed E-state index contributed by atoms with van der Waals surface area (Å²) in [5.41, 5.74) is 0. The van der Waals surface area contributed by atoms with E-state index in [1.807, 2.05) is 0 Å². The van der Waals surface area contributed by atoms with E-state index in [0.29, 0.717) is 0 Å². The van der Waals surface area contributed by atoms with Crippen LogP contribution in [0, 0.1) is 11.8 Å². The summed E-state index contributed by atoms with van der Waals surface area (Å²) in [6, 6.07) is 0. The van der Waals surface area contributed by atoms with Crippen LogP contribution in [0.2, 0.25) is 0 Å². The third-order valence-electron chi connectivity index (χ3n) is 0. The van der Waals surface area contributed by atoms with E-state index in [0.717, 1.165) is 0 Å². The van der Waals surface area contributed by atoms with Gasteiger partial charge in [-0.1, -0.05) is 0 Å². The molecule has 0 aliphatic rings. The molecular weight excluding hydrogens is 104 g/mol. The molecule has 0 aliphatic heterocycles. The van der Waals surface area contributed by atoms with Gasteiger partial charge in [0.2, 0.25) is 0 Å². The Bertz CT molecular complexity index is 10.8. The van der Waals surface area contributed by atoms with Crippen LogP contribution in [0.25, 0.3) is 0 Å². The van der Waals surface area contributed by atoms with Crippen molar-refractivity contribution in [1.29, 1.82) is 5.26 Å².